The molecular weight excluding hydrogens is 222 g/mol. The number of nitrogens with two attached hydrogens (primary N) is 1. The van der Waals surface area contributed by atoms with Gasteiger partial charge in [0, 0.05) is 12.6 Å². The lowest BCUT2D eigenvalue weighted by atomic mass is 10.1. The zero-order valence-electron chi connectivity index (χ0n) is 10.0. The molecule has 0 bridgehead atoms. The predicted octanol–water partition coefficient (Wildman–Crippen LogP) is -1.16. The number of rotatable bonds is 3. The van der Waals surface area contributed by atoms with E-state index in [1.54, 1.807) is 6.92 Å². The van der Waals surface area contributed by atoms with E-state index in [0.29, 0.717) is 13.2 Å². The number of hydrogen-bond acceptors (Lipinski definition) is 4. The Kier molecular flexibility index (Phi) is 3.63. The third kappa shape index (κ3) is 2.95. The average Bonchev–Trinajstić information content (AvgIpc) is 3.11. The maximum Gasteiger partial charge on any atom is 0.245 e. The summed E-state index contributed by atoms with van der Waals surface area (Å²) in [4.78, 5) is 25.4. The summed E-state index contributed by atoms with van der Waals surface area (Å²) in [5.74, 6) is -0.314. The number of nitrogens with zero attached hydrogens (tertiary/aromatic N) is 1. The molecule has 0 aromatic rings. The molecule has 0 aromatic heterocycles. The van der Waals surface area contributed by atoms with Gasteiger partial charge in [0.05, 0.1) is 19.3 Å². The van der Waals surface area contributed by atoms with E-state index in [0.717, 1.165) is 12.8 Å². The number of nitrogens with one attached hydrogen (secondary N) is 1. The van der Waals surface area contributed by atoms with Crippen LogP contribution in [0.5, 0.6) is 0 Å². The number of ether oxygens (including phenoxy) is 1. The van der Waals surface area contributed by atoms with Crippen LogP contribution in [0.15, 0.2) is 0 Å². The van der Waals surface area contributed by atoms with E-state index < -0.39 is 12.1 Å². The Labute approximate surface area is 100 Å². The van der Waals surface area contributed by atoms with Gasteiger partial charge in [-0.05, 0) is 19.8 Å². The Morgan fingerprint density at radius 1 is 1.47 bits per heavy atom. The highest BCUT2D eigenvalue weighted by Gasteiger charge is 2.36. The largest absolute Gasteiger partial charge is 0.377 e. The first-order valence-electron chi connectivity index (χ1n) is 6.04. The fourth-order valence-corrected chi connectivity index (χ4v) is 1.87. The zero-order valence-corrected chi connectivity index (χ0v) is 10.0. The fourth-order valence-electron chi connectivity index (χ4n) is 1.87. The van der Waals surface area contributed by atoms with Crippen molar-refractivity contribution in [3.8, 4) is 0 Å². The highest BCUT2D eigenvalue weighted by Crippen LogP contribution is 2.19. The second-order valence-electron chi connectivity index (χ2n) is 4.69. The quantitative estimate of drug-likeness (QED) is 0.652. The molecule has 17 heavy (non-hydrogen) atoms. The summed E-state index contributed by atoms with van der Waals surface area (Å²) in [7, 11) is 0. The summed E-state index contributed by atoms with van der Waals surface area (Å²) in [6, 6.07) is -0.816. The molecule has 2 fully saturated rings. The highest BCUT2D eigenvalue weighted by molar-refractivity contribution is 5.90. The molecule has 96 valence electrons. The van der Waals surface area contributed by atoms with Crippen molar-refractivity contribution < 1.29 is 14.3 Å². The van der Waals surface area contributed by atoms with Crippen molar-refractivity contribution in [2.75, 3.05) is 19.8 Å². The first-order chi connectivity index (χ1) is 8.09. The van der Waals surface area contributed by atoms with Crippen LogP contribution in [0.3, 0.4) is 0 Å². The molecule has 2 rings (SSSR count). The Morgan fingerprint density at radius 3 is 2.76 bits per heavy atom. The van der Waals surface area contributed by atoms with Crippen molar-refractivity contribution in [2.24, 2.45) is 5.73 Å². The Bertz CT molecular complexity index is 315. The summed E-state index contributed by atoms with van der Waals surface area (Å²) >= 11 is 0. The monoisotopic (exact) mass is 241 g/mol. The number of amides is 2. The molecule has 1 aliphatic carbocycles. The van der Waals surface area contributed by atoms with Gasteiger partial charge in [0.25, 0.3) is 0 Å². The van der Waals surface area contributed by atoms with Crippen molar-refractivity contribution >= 4 is 11.8 Å². The van der Waals surface area contributed by atoms with E-state index in [-0.39, 0.29) is 24.5 Å². The minimum Gasteiger partial charge on any atom is -0.377 e. The summed E-state index contributed by atoms with van der Waals surface area (Å²) in [6.07, 6.45) is 2.06. The fraction of sp³-hybridized carbons (Fsp3) is 0.818. The van der Waals surface area contributed by atoms with Gasteiger partial charge in [0.15, 0.2) is 0 Å². The molecule has 1 unspecified atom stereocenters. The SMILES string of the molecule is C[C@H](N)C(=O)N1CCOCC1C(=O)NC1CC1. The topological polar surface area (TPSA) is 84.7 Å². The van der Waals surface area contributed by atoms with Crippen molar-refractivity contribution in [2.45, 2.75) is 37.9 Å². The standard InChI is InChI=1S/C11H19N3O3/c1-7(12)11(16)14-4-5-17-6-9(14)10(15)13-8-2-3-8/h7-9H,2-6,12H2,1H3,(H,13,15)/t7-,9?/m0/s1. The van der Waals surface area contributed by atoms with Crippen LogP contribution < -0.4 is 11.1 Å². The molecule has 1 aliphatic heterocycles. The summed E-state index contributed by atoms with van der Waals surface area (Å²) in [6.45, 7) is 2.79. The van der Waals surface area contributed by atoms with Crippen LogP contribution in [-0.2, 0) is 14.3 Å². The Morgan fingerprint density at radius 2 is 2.18 bits per heavy atom. The lowest BCUT2D eigenvalue weighted by Crippen LogP contribution is -2.59. The Hall–Kier alpha value is -1.14. The molecule has 2 aliphatic rings. The van der Waals surface area contributed by atoms with Crippen molar-refractivity contribution in [3.63, 3.8) is 0 Å². The normalized spacial score (nSPS) is 26.5. The number of carbonyl (C=O) groups excluding carboxylic acids is 2. The maximum absolute atomic E-state index is 12.0. The van der Waals surface area contributed by atoms with Crippen LogP contribution in [0.1, 0.15) is 19.8 Å². The Balaban J connectivity index is 2.00. The molecule has 0 spiro atoms. The zero-order chi connectivity index (χ0) is 12.4. The number of morpholine rings is 1. The van der Waals surface area contributed by atoms with E-state index in [2.05, 4.69) is 5.32 Å². The van der Waals surface area contributed by atoms with E-state index >= 15 is 0 Å². The van der Waals surface area contributed by atoms with Crippen LogP contribution in [0.2, 0.25) is 0 Å². The summed E-state index contributed by atoms with van der Waals surface area (Å²) in [5, 5.41) is 2.89. The molecule has 3 N–H and O–H groups in total. The molecule has 2 amide bonds. The van der Waals surface area contributed by atoms with Gasteiger partial charge in [-0.2, -0.15) is 0 Å². The highest BCUT2D eigenvalue weighted by atomic mass is 16.5. The van der Waals surface area contributed by atoms with Gasteiger partial charge >= 0.3 is 0 Å². The molecule has 1 saturated heterocycles. The minimum absolute atomic E-state index is 0.124. The van der Waals surface area contributed by atoms with E-state index in [1.165, 1.54) is 4.90 Å². The smallest absolute Gasteiger partial charge is 0.245 e. The van der Waals surface area contributed by atoms with Gasteiger partial charge in [-0.25, -0.2) is 0 Å². The first-order valence-corrected chi connectivity index (χ1v) is 6.04. The molecule has 2 atom stereocenters. The lowest BCUT2D eigenvalue weighted by molar-refractivity contribution is -0.149. The second kappa shape index (κ2) is 5.01. The van der Waals surface area contributed by atoms with Gasteiger partial charge < -0.3 is 20.7 Å². The molecule has 6 nitrogen and oxygen atoms in total. The maximum atomic E-state index is 12.0. The van der Waals surface area contributed by atoms with Crippen molar-refractivity contribution in [3.05, 3.63) is 0 Å². The van der Waals surface area contributed by atoms with Crippen LogP contribution in [-0.4, -0.2) is 54.6 Å². The van der Waals surface area contributed by atoms with Crippen LogP contribution in [0, 0.1) is 0 Å². The molecule has 1 heterocycles. The number of hydrogen-bond donors (Lipinski definition) is 2. The lowest BCUT2D eigenvalue weighted by Gasteiger charge is -2.35. The van der Waals surface area contributed by atoms with Gasteiger partial charge in [0.2, 0.25) is 11.8 Å². The van der Waals surface area contributed by atoms with Gasteiger partial charge in [-0.3, -0.25) is 9.59 Å². The first kappa shape index (κ1) is 12.3. The number of carbonyl (C=O) groups is 2. The summed E-state index contributed by atoms with van der Waals surface area (Å²) < 4.78 is 5.27. The third-order valence-corrected chi connectivity index (χ3v) is 3.03. The predicted molar refractivity (Wildman–Crippen MR) is 61.1 cm³/mol. The van der Waals surface area contributed by atoms with Gasteiger partial charge in [-0.1, -0.05) is 0 Å². The van der Waals surface area contributed by atoms with Gasteiger partial charge in [0.1, 0.15) is 6.04 Å². The minimum atomic E-state index is -0.579. The summed E-state index contributed by atoms with van der Waals surface area (Å²) in [5.41, 5.74) is 5.58. The average molecular weight is 241 g/mol. The van der Waals surface area contributed by atoms with Gasteiger partial charge in [-0.15, -0.1) is 0 Å². The van der Waals surface area contributed by atoms with Crippen LogP contribution >= 0.6 is 0 Å². The molecule has 1 saturated carbocycles. The van der Waals surface area contributed by atoms with E-state index in [4.69, 9.17) is 10.5 Å². The molecule has 6 heteroatoms. The van der Waals surface area contributed by atoms with Crippen molar-refractivity contribution in [1.29, 1.82) is 0 Å². The van der Waals surface area contributed by atoms with Crippen LogP contribution in [0.4, 0.5) is 0 Å². The van der Waals surface area contributed by atoms with Crippen LogP contribution in [0.25, 0.3) is 0 Å². The second-order valence-corrected chi connectivity index (χ2v) is 4.69. The molecule has 0 aromatic carbocycles. The molecular formula is C11H19N3O3. The third-order valence-electron chi connectivity index (χ3n) is 3.03. The van der Waals surface area contributed by atoms with Crippen molar-refractivity contribution in [1.82, 2.24) is 10.2 Å². The molecule has 0 radical (unpaired) electrons. The van der Waals surface area contributed by atoms with E-state index in [1.807, 2.05) is 0 Å². The van der Waals surface area contributed by atoms with E-state index in [9.17, 15) is 9.59 Å².